The van der Waals surface area contributed by atoms with Crippen LogP contribution in [0.25, 0.3) is 0 Å². The van der Waals surface area contributed by atoms with E-state index < -0.39 is 21.8 Å². The lowest BCUT2D eigenvalue weighted by atomic mass is 10.3. The highest BCUT2D eigenvalue weighted by atomic mass is 19.5. The van der Waals surface area contributed by atoms with Gasteiger partial charge in [-0.25, -0.2) is 0 Å². The van der Waals surface area contributed by atoms with Crippen molar-refractivity contribution in [3.05, 3.63) is 0 Å². The van der Waals surface area contributed by atoms with E-state index >= 15 is 0 Å². The van der Waals surface area contributed by atoms with Crippen LogP contribution in [-0.2, 0) is 0 Å². The van der Waals surface area contributed by atoms with Crippen LogP contribution in [0.4, 0.5) is 51.8 Å². The van der Waals surface area contributed by atoms with Gasteiger partial charge in [-0.1, -0.05) is 13.8 Å². The predicted molar refractivity (Wildman–Crippen MR) is 49.9 cm³/mol. The van der Waals surface area contributed by atoms with Gasteiger partial charge in [0.2, 0.25) is 0 Å². The van der Waals surface area contributed by atoms with Gasteiger partial charge in [-0.3, -0.25) is 0 Å². The van der Waals surface area contributed by atoms with Crippen molar-refractivity contribution in [1.82, 2.24) is 0 Å². The summed E-state index contributed by atoms with van der Waals surface area (Å²) in [6.07, 6.45) is 0. The molecule has 0 radical (unpaired) electrons. The molecule has 0 unspecified atom stereocenters. The normalized spacial score (nSPS) is 11.4. The monoisotopic (exact) mass is 320 g/mol. The molecule has 0 aliphatic heterocycles. The molecule has 0 aliphatic carbocycles. The zero-order valence-electron chi connectivity index (χ0n) is 9.42. The number of nitrogens with two attached hydrogens (primary N) is 1. The molecule has 0 aromatic heterocycles. The third kappa shape index (κ3) is 8650. The van der Waals surface area contributed by atoms with E-state index in [1.54, 1.807) is 0 Å². The van der Waals surface area contributed by atoms with Crippen LogP contribution in [-0.4, -0.2) is 27.8 Å². The molecule has 0 aromatic rings. The maximum absolute atomic E-state index is 9.75. The largest absolute Gasteiger partial charge is 0.673 e. The van der Waals surface area contributed by atoms with Gasteiger partial charge < -0.3 is 57.5 Å². The van der Waals surface area contributed by atoms with Gasteiger partial charge in [0.25, 0.3) is 0 Å². The van der Waals surface area contributed by atoms with E-state index in [2.05, 4.69) is 0 Å². The van der Waals surface area contributed by atoms with Crippen LogP contribution >= 0.6 is 0 Å². The van der Waals surface area contributed by atoms with Crippen LogP contribution in [0, 0.1) is 0 Å². The summed E-state index contributed by atoms with van der Waals surface area (Å²) in [6.45, 7) is 3.89. The summed E-state index contributed by atoms with van der Waals surface area (Å²) >= 11 is 0. The zero-order valence-corrected chi connectivity index (χ0v) is 9.42. The molecule has 1 nitrogen and oxygen atoms in total. The number of halogens is 12. The summed E-state index contributed by atoms with van der Waals surface area (Å²) in [5, 5.41) is 0. The highest BCUT2D eigenvalue weighted by Crippen LogP contribution is 2.07. The van der Waals surface area contributed by atoms with Gasteiger partial charge in [0.05, 0.1) is 0 Å². The van der Waals surface area contributed by atoms with Crippen molar-refractivity contribution in [2.45, 2.75) is 19.9 Å². The van der Waals surface area contributed by atoms with E-state index in [-0.39, 0.29) is 0 Å². The summed E-state index contributed by atoms with van der Waals surface area (Å²) in [7, 11) is -18.0. The molecule has 0 aliphatic rings. The van der Waals surface area contributed by atoms with E-state index in [0.717, 1.165) is 0 Å². The molecule has 0 amide bonds. The van der Waals surface area contributed by atoms with Crippen molar-refractivity contribution in [1.29, 1.82) is 0 Å². The molecule has 0 spiro atoms. The smallest absolute Gasteiger partial charge is 0.418 e. The van der Waals surface area contributed by atoms with E-state index in [4.69, 9.17) is 5.73 Å². The molecular weight excluding hydrogens is 310 g/mol. The van der Waals surface area contributed by atoms with Gasteiger partial charge in [-0.05, 0) is 6.04 Å². The summed E-state index contributed by atoms with van der Waals surface area (Å²) in [5.74, 6) is 0. The minimum Gasteiger partial charge on any atom is -0.418 e. The Kier molecular flexibility index (Phi) is 15.7. The van der Waals surface area contributed by atoms with E-state index in [1.807, 2.05) is 13.8 Å². The maximum Gasteiger partial charge on any atom is 0.673 e. The highest BCUT2D eigenvalue weighted by molar-refractivity contribution is 6.50. The highest BCUT2D eigenvalue weighted by Gasteiger charge is 2.21. The molecule has 0 heterocycles. The lowest BCUT2D eigenvalue weighted by molar-refractivity contribution is 0.366. The average molecular weight is 320 g/mol. The Balaban J connectivity index is -0.0000000793. The van der Waals surface area contributed by atoms with Gasteiger partial charge in [0, 0.05) is 0 Å². The van der Waals surface area contributed by atoms with Crippen molar-refractivity contribution >= 4 is 21.8 Å². The Morgan fingerprint density at radius 1 is 0.526 bits per heavy atom. The Morgan fingerprint density at radius 2 is 0.526 bits per heavy atom. The van der Waals surface area contributed by atoms with Gasteiger partial charge in [-0.2, -0.15) is 0 Å². The van der Waals surface area contributed by atoms with Crippen LogP contribution in [0.3, 0.4) is 0 Å². The third-order valence-corrected chi connectivity index (χ3v) is 0. The first kappa shape index (κ1) is 26.8. The fraction of sp³-hybridized carbons (Fsp3) is 1.00. The SMILES string of the molecule is CC(C)N.F[B-](F)(F)F.F[B-](F)(F)F.F[B-](F)(F)F. The molecule has 0 fully saturated rings. The van der Waals surface area contributed by atoms with E-state index in [1.165, 1.54) is 0 Å². The van der Waals surface area contributed by atoms with Crippen LogP contribution in [0.1, 0.15) is 13.8 Å². The molecule has 0 atom stereocenters. The molecule has 0 saturated carbocycles. The van der Waals surface area contributed by atoms with Gasteiger partial charge in [-0.15, -0.1) is 0 Å². The quantitative estimate of drug-likeness (QED) is 0.524. The van der Waals surface area contributed by atoms with E-state index in [9.17, 15) is 51.8 Å². The lowest BCUT2D eigenvalue weighted by Gasteiger charge is -1.94. The number of hydrogen-bond acceptors (Lipinski definition) is 1. The Bertz CT molecular complexity index is 133. The first-order valence-corrected chi connectivity index (χ1v) is 4.11. The number of rotatable bonds is 0. The second-order valence-corrected chi connectivity index (χ2v) is 2.73. The standard InChI is InChI=1S/C3H9N.3BF4/c1-3(2)4;3*2-1(3,4)5/h3H,4H2,1-2H3;;;/q;3*-1. The molecule has 16 heteroatoms. The molecule has 0 bridgehead atoms. The van der Waals surface area contributed by atoms with Crippen molar-refractivity contribution in [2.75, 3.05) is 0 Å². The number of hydrogen-bond donors (Lipinski definition) is 1. The Labute approximate surface area is 100 Å². The van der Waals surface area contributed by atoms with Crippen molar-refractivity contribution < 1.29 is 51.8 Å². The lowest BCUT2D eigenvalue weighted by Crippen LogP contribution is -2.06. The molecule has 0 saturated heterocycles. The van der Waals surface area contributed by atoms with Crippen molar-refractivity contribution in [3.8, 4) is 0 Å². The Hall–Kier alpha value is -0.685. The van der Waals surface area contributed by atoms with Crippen LogP contribution in [0.15, 0.2) is 0 Å². The van der Waals surface area contributed by atoms with Crippen LogP contribution in [0.5, 0.6) is 0 Å². The minimum atomic E-state index is -6.00. The molecule has 122 valence electrons. The van der Waals surface area contributed by atoms with Crippen molar-refractivity contribution in [3.63, 3.8) is 0 Å². The van der Waals surface area contributed by atoms with Gasteiger partial charge >= 0.3 is 21.8 Å². The van der Waals surface area contributed by atoms with Crippen LogP contribution < -0.4 is 5.73 Å². The summed E-state index contributed by atoms with van der Waals surface area (Å²) in [4.78, 5) is 0. The second kappa shape index (κ2) is 11.2. The Morgan fingerprint density at radius 3 is 0.526 bits per heavy atom. The predicted octanol–water partition coefficient (Wildman–Crippen LogP) is 4.25. The topological polar surface area (TPSA) is 26.0 Å². The first-order chi connectivity index (χ1) is 7.73. The fourth-order valence-corrected chi connectivity index (χ4v) is 0. The fourth-order valence-electron chi connectivity index (χ4n) is 0. The molecule has 0 aromatic carbocycles. The molecular formula is C3H9B3F12N-3. The molecule has 19 heavy (non-hydrogen) atoms. The maximum atomic E-state index is 9.75. The summed E-state index contributed by atoms with van der Waals surface area (Å²) < 4.78 is 117. The van der Waals surface area contributed by atoms with Gasteiger partial charge in [0.15, 0.2) is 0 Å². The minimum absolute atomic E-state index is 0.333. The zero-order chi connectivity index (χ0) is 17.1. The summed E-state index contributed by atoms with van der Waals surface area (Å²) in [6, 6.07) is 0.333. The van der Waals surface area contributed by atoms with E-state index in [0.29, 0.717) is 6.04 Å². The third-order valence-electron chi connectivity index (χ3n) is 0. The molecule has 2 N–H and O–H groups in total. The summed E-state index contributed by atoms with van der Waals surface area (Å²) in [5.41, 5.74) is 5.11. The second-order valence-electron chi connectivity index (χ2n) is 2.73. The molecule has 0 rings (SSSR count). The average Bonchev–Trinajstić information content (AvgIpc) is 1.66. The van der Waals surface area contributed by atoms with Gasteiger partial charge in [0.1, 0.15) is 0 Å². The van der Waals surface area contributed by atoms with Crippen molar-refractivity contribution in [2.24, 2.45) is 5.73 Å². The first-order valence-electron chi connectivity index (χ1n) is 4.11. The van der Waals surface area contributed by atoms with Crippen LogP contribution in [0.2, 0.25) is 0 Å².